The van der Waals surface area contributed by atoms with Gasteiger partial charge < -0.3 is 10.6 Å². The molecule has 3 nitrogen and oxygen atoms in total. The molecule has 0 bridgehead atoms. The third-order valence-corrected chi connectivity index (χ3v) is 3.35. The molecule has 15 heavy (non-hydrogen) atoms. The van der Waals surface area contributed by atoms with Crippen LogP contribution in [0.2, 0.25) is 0 Å². The van der Waals surface area contributed by atoms with E-state index in [1.807, 2.05) is 4.90 Å². The van der Waals surface area contributed by atoms with Crippen LogP contribution in [0.5, 0.6) is 0 Å². The van der Waals surface area contributed by atoms with E-state index in [1.165, 1.54) is 0 Å². The van der Waals surface area contributed by atoms with Crippen LogP contribution in [0.3, 0.4) is 0 Å². The van der Waals surface area contributed by atoms with Crippen molar-refractivity contribution in [3.8, 4) is 0 Å². The molecule has 2 N–H and O–H groups in total. The van der Waals surface area contributed by atoms with Crippen LogP contribution in [0.25, 0.3) is 0 Å². The third-order valence-electron chi connectivity index (χ3n) is 3.35. The molecule has 0 radical (unpaired) electrons. The van der Waals surface area contributed by atoms with Crippen LogP contribution in [-0.4, -0.2) is 29.9 Å². The highest BCUT2D eigenvalue weighted by molar-refractivity contribution is 5.81. The van der Waals surface area contributed by atoms with E-state index in [9.17, 15) is 4.79 Å². The number of likely N-dealkylation sites (tertiary alicyclic amines) is 1. The molecule has 1 heterocycles. The largest absolute Gasteiger partial charge is 0.341 e. The molecule has 88 valence electrons. The van der Waals surface area contributed by atoms with Gasteiger partial charge in [-0.1, -0.05) is 27.2 Å². The SMILES string of the molecule is CCCC(N)C(=O)N1CCC(C)(C)CC1. The summed E-state index contributed by atoms with van der Waals surface area (Å²) in [7, 11) is 0. The maximum Gasteiger partial charge on any atom is 0.239 e. The molecule has 1 aliphatic heterocycles. The summed E-state index contributed by atoms with van der Waals surface area (Å²) in [5, 5.41) is 0. The fourth-order valence-electron chi connectivity index (χ4n) is 2.00. The lowest BCUT2D eigenvalue weighted by Gasteiger charge is -2.37. The van der Waals surface area contributed by atoms with Crippen molar-refractivity contribution in [1.82, 2.24) is 4.90 Å². The van der Waals surface area contributed by atoms with E-state index in [4.69, 9.17) is 5.73 Å². The predicted octanol–water partition coefficient (Wildman–Crippen LogP) is 1.76. The number of hydrogen-bond acceptors (Lipinski definition) is 2. The molecule has 0 aromatic carbocycles. The molecule has 1 fully saturated rings. The van der Waals surface area contributed by atoms with E-state index in [0.717, 1.165) is 38.8 Å². The number of carbonyl (C=O) groups is 1. The van der Waals surface area contributed by atoms with Crippen molar-refractivity contribution in [1.29, 1.82) is 0 Å². The Labute approximate surface area is 93.0 Å². The Hall–Kier alpha value is -0.570. The number of nitrogens with two attached hydrogens (primary N) is 1. The zero-order chi connectivity index (χ0) is 11.5. The molecular weight excluding hydrogens is 188 g/mol. The van der Waals surface area contributed by atoms with Crippen molar-refractivity contribution in [3.63, 3.8) is 0 Å². The highest BCUT2D eigenvalue weighted by Gasteiger charge is 2.29. The molecule has 1 saturated heterocycles. The van der Waals surface area contributed by atoms with E-state index in [1.54, 1.807) is 0 Å². The Balaban J connectivity index is 2.42. The lowest BCUT2D eigenvalue weighted by atomic mass is 9.82. The Kier molecular flexibility index (Phi) is 4.14. The van der Waals surface area contributed by atoms with Gasteiger partial charge in [-0.25, -0.2) is 0 Å². The first-order chi connectivity index (χ1) is 6.96. The molecule has 3 heteroatoms. The Bertz CT molecular complexity index is 216. The van der Waals surface area contributed by atoms with E-state index in [-0.39, 0.29) is 11.9 Å². The number of piperidine rings is 1. The molecule has 0 saturated carbocycles. The highest BCUT2D eigenvalue weighted by atomic mass is 16.2. The number of carbonyl (C=O) groups excluding carboxylic acids is 1. The molecular formula is C12H24N2O. The van der Waals surface area contributed by atoms with Gasteiger partial charge in [0.25, 0.3) is 0 Å². The minimum Gasteiger partial charge on any atom is -0.341 e. The van der Waals surface area contributed by atoms with Crippen molar-refractivity contribution >= 4 is 5.91 Å². The van der Waals surface area contributed by atoms with Crippen molar-refractivity contribution in [2.45, 2.75) is 52.5 Å². The average Bonchev–Trinajstić information content (AvgIpc) is 2.17. The normalized spacial score (nSPS) is 22.5. The van der Waals surface area contributed by atoms with Gasteiger partial charge >= 0.3 is 0 Å². The number of amides is 1. The minimum absolute atomic E-state index is 0.146. The van der Waals surface area contributed by atoms with Crippen LogP contribution in [-0.2, 0) is 4.79 Å². The van der Waals surface area contributed by atoms with Crippen LogP contribution in [0.4, 0.5) is 0 Å². The molecule has 0 aromatic rings. The molecule has 0 aromatic heterocycles. The summed E-state index contributed by atoms with van der Waals surface area (Å²) >= 11 is 0. The van der Waals surface area contributed by atoms with E-state index < -0.39 is 0 Å². The summed E-state index contributed by atoms with van der Waals surface area (Å²) in [6, 6.07) is -0.281. The van der Waals surface area contributed by atoms with Gasteiger partial charge in [-0.3, -0.25) is 4.79 Å². The first-order valence-corrected chi connectivity index (χ1v) is 6.00. The van der Waals surface area contributed by atoms with Crippen LogP contribution in [0.15, 0.2) is 0 Å². The lowest BCUT2D eigenvalue weighted by Crippen LogP contribution is -2.48. The summed E-state index contributed by atoms with van der Waals surface area (Å²) in [6.07, 6.45) is 3.97. The number of rotatable bonds is 3. The second kappa shape index (κ2) is 4.97. The molecule has 1 aliphatic rings. The second-order valence-corrected chi connectivity index (χ2v) is 5.38. The maximum absolute atomic E-state index is 11.9. The number of nitrogens with zero attached hydrogens (tertiary/aromatic N) is 1. The van der Waals surface area contributed by atoms with Gasteiger partial charge in [-0.05, 0) is 24.7 Å². The van der Waals surface area contributed by atoms with Gasteiger partial charge in [0, 0.05) is 13.1 Å². The molecule has 0 spiro atoms. The topological polar surface area (TPSA) is 46.3 Å². The smallest absolute Gasteiger partial charge is 0.239 e. The van der Waals surface area contributed by atoms with Crippen LogP contribution in [0.1, 0.15) is 46.5 Å². The van der Waals surface area contributed by atoms with Crippen LogP contribution >= 0.6 is 0 Å². The van der Waals surface area contributed by atoms with Crippen molar-refractivity contribution in [2.24, 2.45) is 11.1 Å². The fourth-order valence-corrected chi connectivity index (χ4v) is 2.00. The Morgan fingerprint density at radius 1 is 1.40 bits per heavy atom. The Morgan fingerprint density at radius 3 is 2.40 bits per heavy atom. The van der Waals surface area contributed by atoms with Gasteiger partial charge in [-0.2, -0.15) is 0 Å². The molecule has 1 amide bonds. The summed E-state index contributed by atoms with van der Waals surface area (Å²) in [5.74, 6) is 0.146. The van der Waals surface area contributed by atoms with E-state index in [2.05, 4.69) is 20.8 Å². The fraction of sp³-hybridized carbons (Fsp3) is 0.917. The van der Waals surface area contributed by atoms with Gasteiger partial charge in [0.05, 0.1) is 6.04 Å². The molecule has 1 rings (SSSR count). The van der Waals surface area contributed by atoms with Crippen molar-refractivity contribution < 1.29 is 4.79 Å². The summed E-state index contributed by atoms with van der Waals surface area (Å²) in [5.41, 5.74) is 6.23. The zero-order valence-electron chi connectivity index (χ0n) is 10.3. The van der Waals surface area contributed by atoms with Crippen LogP contribution < -0.4 is 5.73 Å². The van der Waals surface area contributed by atoms with Gasteiger partial charge in [0.15, 0.2) is 0 Å². The monoisotopic (exact) mass is 212 g/mol. The second-order valence-electron chi connectivity index (χ2n) is 5.38. The van der Waals surface area contributed by atoms with E-state index in [0.29, 0.717) is 5.41 Å². The standard InChI is InChI=1S/C12H24N2O/c1-4-5-10(13)11(15)14-8-6-12(2,3)7-9-14/h10H,4-9,13H2,1-3H3. The first kappa shape index (κ1) is 12.5. The molecule has 1 atom stereocenters. The van der Waals surface area contributed by atoms with Gasteiger partial charge in [-0.15, -0.1) is 0 Å². The summed E-state index contributed by atoms with van der Waals surface area (Å²) < 4.78 is 0. The van der Waals surface area contributed by atoms with Gasteiger partial charge in [0.1, 0.15) is 0 Å². The Morgan fingerprint density at radius 2 is 1.93 bits per heavy atom. The first-order valence-electron chi connectivity index (χ1n) is 6.00. The molecule has 0 aliphatic carbocycles. The summed E-state index contributed by atoms with van der Waals surface area (Å²) in [6.45, 7) is 8.35. The third kappa shape index (κ3) is 3.49. The zero-order valence-corrected chi connectivity index (χ0v) is 10.3. The number of hydrogen-bond donors (Lipinski definition) is 1. The van der Waals surface area contributed by atoms with Gasteiger partial charge in [0.2, 0.25) is 5.91 Å². The van der Waals surface area contributed by atoms with Crippen molar-refractivity contribution in [3.05, 3.63) is 0 Å². The molecule has 1 unspecified atom stereocenters. The van der Waals surface area contributed by atoms with Crippen molar-refractivity contribution in [2.75, 3.05) is 13.1 Å². The van der Waals surface area contributed by atoms with Crippen LogP contribution in [0, 0.1) is 5.41 Å². The predicted molar refractivity (Wildman–Crippen MR) is 62.5 cm³/mol. The highest BCUT2D eigenvalue weighted by Crippen LogP contribution is 2.29. The lowest BCUT2D eigenvalue weighted by molar-refractivity contribution is -0.134. The maximum atomic E-state index is 11.9. The van der Waals surface area contributed by atoms with E-state index >= 15 is 0 Å². The average molecular weight is 212 g/mol. The quantitative estimate of drug-likeness (QED) is 0.775. The summed E-state index contributed by atoms with van der Waals surface area (Å²) in [4.78, 5) is 13.8. The minimum atomic E-state index is -0.281.